The van der Waals surface area contributed by atoms with Gasteiger partial charge >= 0.3 is 6.03 Å². The summed E-state index contributed by atoms with van der Waals surface area (Å²) < 4.78 is 0. The lowest BCUT2D eigenvalue weighted by Crippen LogP contribution is -2.48. The molecule has 2 aliphatic rings. The second kappa shape index (κ2) is 8.54. The van der Waals surface area contributed by atoms with Gasteiger partial charge in [0.15, 0.2) is 0 Å². The number of amides is 3. The lowest BCUT2D eigenvalue weighted by atomic mass is 9.97. The van der Waals surface area contributed by atoms with Gasteiger partial charge in [0.25, 0.3) is 0 Å². The monoisotopic (exact) mass is 366 g/mol. The second-order valence-electron chi connectivity index (χ2n) is 7.00. The van der Waals surface area contributed by atoms with E-state index in [0.717, 1.165) is 24.0 Å². The predicted octanol–water partition coefficient (Wildman–Crippen LogP) is 1.92. The van der Waals surface area contributed by atoms with Gasteiger partial charge in [0.1, 0.15) is 0 Å². The van der Waals surface area contributed by atoms with Gasteiger partial charge in [-0.15, -0.1) is 12.4 Å². The number of carbonyl (C=O) groups excluding carboxylic acids is 2. The van der Waals surface area contributed by atoms with E-state index in [1.165, 1.54) is 12.8 Å². The molecule has 0 aromatic heterocycles. The van der Waals surface area contributed by atoms with E-state index in [4.69, 9.17) is 5.73 Å². The van der Waals surface area contributed by atoms with Crippen molar-refractivity contribution in [3.8, 4) is 0 Å². The minimum absolute atomic E-state index is 0. The van der Waals surface area contributed by atoms with Crippen LogP contribution < -0.4 is 21.7 Å². The van der Waals surface area contributed by atoms with Crippen LogP contribution in [0.15, 0.2) is 24.3 Å². The largest absolute Gasteiger partial charge is 0.353 e. The van der Waals surface area contributed by atoms with Crippen molar-refractivity contribution >= 4 is 24.3 Å². The smallest absolute Gasteiger partial charge is 0.312 e. The zero-order chi connectivity index (χ0) is 17.1. The fraction of sp³-hybridized carbons (Fsp3) is 0.556. The molecule has 25 heavy (non-hydrogen) atoms. The zero-order valence-electron chi connectivity index (χ0n) is 14.5. The van der Waals surface area contributed by atoms with E-state index in [0.29, 0.717) is 12.1 Å². The number of halogens is 1. The fourth-order valence-electron chi connectivity index (χ4n) is 4.04. The molecule has 1 aromatic carbocycles. The van der Waals surface area contributed by atoms with Crippen LogP contribution in [-0.2, 0) is 4.79 Å². The van der Waals surface area contributed by atoms with E-state index in [1.54, 1.807) is 0 Å². The average Bonchev–Trinajstić information content (AvgIpc) is 2.85. The summed E-state index contributed by atoms with van der Waals surface area (Å²) >= 11 is 0. The standard InChI is InChI=1S/C18H26N4O2.ClH/c1-11-4-2-3-5-15(11)16(22-18(19)24)10-17(23)21-14-8-12-6-7-13(9-14)20-12;/h2-5,12-14,16,20H,6-10H2,1H3,(H,21,23)(H3,19,22,24);1H. The van der Waals surface area contributed by atoms with Gasteiger partial charge in [-0.3, -0.25) is 4.79 Å². The molecule has 2 heterocycles. The number of primary amides is 1. The average molecular weight is 367 g/mol. The summed E-state index contributed by atoms with van der Waals surface area (Å²) in [4.78, 5) is 23.8. The van der Waals surface area contributed by atoms with Gasteiger partial charge in [-0.2, -0.15) is 0 Å². The third-order valence-corrected chi connectivity index (χ3v) is 5.11. The second-order valence-corrected chi connectivity index (χ2v) is 7.00. The van der Waals surface area contributed by atoms with Crippen molar-refractivity contribution in [1.82, 2.24) is 16.0 Å². The highest BCUT2D eigenvalue weighted by Gasteiger charge is 2.34. The van der Waals surface area contributed by atoms with E-state index in [9.17, 15) is 9.59 Å². The molecule has 3 atom stereocenters. The molecule has 2 aliphatic heterocycles. The van der Waals surface area contributed by atoms with Crippen molar-refractivity contribution in [2.45, 2.75) is 63.2 Å². The van der Waals surface area contributed by atoms with E-state index < -0.39 is 12.1 Å². The summed E-state index contributed by atoms with van der Waals surface area (Å²) in [6.45, 7) is 1.97. The Morgan fingerprint density at radius 2 is 1.88 bits per heavy atom. The van der Waals surface area contributed by atoms with Gasteiger partial charge in [0, 0.05) is 18.1 Å². The molecule has 0 spiro atoms. The number of nitrogens with two attached hydrogens (primary N) is 1. The van der Waals surface area contributed by atoms with Crippen LogP contribution in [0.4, 0.5) is 4.79 Å². The molecule has 1 aromatic rings. The van der Waals surface area contributed by atoms with Gasteiger partial charge < -0.3 is 21.7 Å². The van der Waals surface area contributed by atoms with Crippen LogP contribution in [0.25, 0.3) is 0 Å². The number of urea groups is 1. The molecule has 3 amide bonds. The van der Waals surface area contributed by atoms with E-state index in [1.807, 2.05) is 31.2 Å². The SMILES string of the molecule is Cc1ccccc1C(CC(=O)NC1CC2CCC(C1)N2)NC(N)=O.Cl. The van der Waals surface area contributed by atoms with E-state index in [-0.39, 0.29) is 30.8 Å². The van der Waals surface area contributed by atoms with Crippen LogP contribution in [0.5, 0.6) is 0 Å². The molecule has 5 N–H and O–H groups in total. The van der Waals surface area contributed by atoms with Crippen molar-refractivity contribution in [2.75, 3.05) is 0 Å². The molecule has 2 saturated heterocycles. The lowest BCUT2D eigenvalue weighted by molar-refractivity contribution is -0.122. The number of hydrogen-bond donors (Lipinski definition) is 4. The predicted molar refractivity (Wildman–Crippen MR) is 99.6 cm³/mol. The van der Waals surface area contributed by atoms with Gasteiger partial charge in [0.05, 0.1) is 12.5 Å². The lowest BCUT2D eigenvalue weighted by Gasteiger charge is -2.30. The first-order valence-corrected chi connectivity index (χ1v) is 8.68. The Hall–Kier alpha value is -1.79. The first-order valence-electron chi connectivity index (χ1n) is 8.68. The Balaban J connectivity index is 0.00000225. The summed E-state index contributed by atoms with van der Waals surface area (Å²) in [5.74, 6) is -0.0386. The van der Waals surface area contributed by atoms with Crippen LogP contribution in [0, 0.1) is 6.92 Å². The minimum atomic E-state index is -0.615. The van der Waals surface area contributed by atoms with Gasteiger partial charge in [-0.1, -0.05) is 24.3 Å². The Bertz CT molecular complexity index is 613. The van der Waals surface area contributed by atoms with E-state index >= 15 is 0 Å². The first kappa shape index (κ1) is 19.5. The number of piperidine rings is 1. The normalized spacial score (nSPS) is 25.6. The van der Waals surface area contributed by atoms with Gasteiger partial charge in [0.2, 0.25) is 5.91 Å². The Morgan fingerprint density at radius 1 is 1.24 bits per heavy atom. The molecule has 0 radical (unpaired) electrons. The molecule has 2 bridgehead atoms. The molecule has 138 valence electrons. The summed E-state index contributed by atoms with van der Waals surface area (Å²) in [6, 6.07) is 8.00. The van der Waals surface area contributed by atoms with Crippen molar-refractivity contribution in [3.05, 3.63) is 35.4 Å². The number of fused-ring (bicyclic) bond motifs is 2. The van der Waals surface area contributed by atoms with Crippen molar-refractivity contribution in [1.29, 1.82) is 0 Å². The molecule has 3 unspecified atom stereocenters. The summed E-state index contributed by atoms with van der Waals surface area (Å²) in [7, 11) is 0. The third-order valence-electron chi connectivity index (χ3n) is 5.11. The summed E-state index contributed by atoms with van der Waals surface area (Å²) in [6.07, 6.45) is 4.58. The quantitative estimate of drug-likeness (QED) is 0.641. The van der Waals surface area contributed by atoms with Crippen molar-refractivity contribution < 1.29 is 9.59 Å². The molecular weight excluding hydrogens is 340 g/mol. The highest BCUT2D eigenvalue weighted by Crippen LogP contribution is 2.27. The van der Waals surface area contributed by atoms with Gasteiger partial charge in [-0.25, -0.2) is 4.79 Å². The topological polar surface area (TPSA) is 96.2 Å². The number of hydrogen-bond acceptors (Lipinski definition) is 3. The number of nitrogens with one attached hydrogen (secondary N) is 3. The molecule has 7 heteroatoms. The van der Waals surface area contributed by atoms with Crippen LogP contribution in [-0.4, -0.2) is 30.1 Å². The molecular formula is C18H27ClN4O2. The van der Waals surface area contributed by atoms with Crippen LogP contribution >= 0.6 is 12.4 Å². The van der Waals surface area contributed by atoms with Gasteiger partial charge in [-0.05, 0) is 43.7 Å². The molecule has 0 saturated carbocycles. The zero-order valence-corrected chi connectivity index (χ0v) is 15.3. The summed E-state index contributed by atoms with van der Waals surface area (Å²) in [5.41, 5.74) is 7.25. The third kappa shape index (κ3) is 5.09. The van der Waals surface area contributed by atoms with Crippen molar-refractivity contribution in [2.24, 2.45) is 5.73 Å². The minimum Gasteiger partial charge on any atom is -0.353 e. The maximum Gasteiger partial charge on any atom is 0.312 e. The number of benzene rings is 1. The van der Waals surface area contributed by atoms with Crippen LogP contribution in [0.2, 0.25) is 0 Å². The molecule has 3 rings (SSSR count). The molecule has 0 aliphatic carbocycles. The van der Waals surface area contributed by atoms with Crippen molar-refractivity contribution in [3.63, 3.8) is 0 Å². The maximum absolute atomic E-state index is 12.5. The number of aryl methyl sites for hydroxylation is 1. The Kier molecular flexibility index (Phi) is 6.67. The first-order chi connectivity index (χ1) is 11.5. The number of carbonyl (C=O) groups is 2. The van der Waals surface area contributed by atoms with Crippen LogP contribution in [0.3, 0.4) is 0 Å². The van der Waals surface area contributed by atoms with Crippen LogP contribution in [0.1, 0.15) is 49.3 Å². The van der Waals surface area contributed by atoms with E-state index in [2.05, 4.69) is 16.0 Å². The highest BCUT2D eigenvalue weighted by atomic mass is 35.5. The molecule has 2 fully saturated rings. The summed E-state index contributed by atoms with van der Waals surface area (Å²) in [5, 5.41) is 9.41. The number of rotatable bonds is 5. The fourth-order valence-corrected chi connectivity index (χ4v) is 4.04. The highest BCUT2D eigenvalue weighted by molar-refractivity contribution is 5.85. The Labute approximate surface area is 154 Å². The Morgan fingerprint density at radius 3 is 2.48 bits per heavy atom. The molecule has 6 nitrogen and oxygen atoms in total. The maximum atomic E-state index is 12.5.